The number of anilines is 2. The van der Waals surface area contributed by atoms with Crippen LogP contribution in [0.5, 0.6) is 0 Å². The van der Waals surface area contributed by atoms with Gasteiger partial charge in [0.15, 0.2) is 11.0 Å². The molecule has 0 fully saturated rings. The van der Waals surface area contributed by atoms with Gasteiger partial charge in [-0.1, -0.05) is 11.6 Å². The number of rotatable bonds is 3. The Labute approximate surface area is 97.6 Å². The van der Waals surface area contributed by atoms with E-state index in [1.165, 1.54) is 6.33 Å². The van der Waals surface area contributed by atoms with Crippen LogP contribution in [0, 0.1) is 0 Å². The Hall–Kier alpha value is -1.75. The van der Waals surface area contributed by atoms with Gasteiger partial charge in [0.2, 0.25) is 0 Å². The molecule has 2 aromatic heterocycles. The minimum absolute atomic E-state index is 0.0386. The predicted octanol–water partition coefficient (Wildman–Crippen LogP) is 2.48. The van der Waals surface area contributed by atoms with E-state index in [-0.39, 0.29) is 11.2 Å². The summed E-state index contributed by atoms with van der Waals surface area (Å²) >= 11 is 5.78. The lowest BCUT2D eigenvalue weighted by molar-refractivity contribution is 0.490. The van der Waals surface area contributed by atoms with Crippen molar-refractivity contribution in [2.24, 2.45) is 0 Å². The second kappa shape index (κ2) is 4.40. The predicted molar refractivity (Wildman–Crippen MR) is 62.2 cm³/mol. The molecular weight excluding hydrogens is 228 g/mol. The zero-order valence-electron chi connectivity index (χ0n) is 8.64. The number of nitrogens with zero attached hydrogens (tertiary/aromatic N) is 2. The van der Waals surface area contributed by atoms with Crippen molar-refractivity contribution in [1.82, 2.24) is 9.97 Å². The minimum Gasteiger partial charge on any atom is -0.467 e. The molecule has 2 heterocycles. The van der Waals surface area contributed by atoms with Crippen LogP contribution in [-0.4, -0.2) is 9.97 Å². The van der Waals surface area contributed by atoms with E-state index in [1.807, 2.05) is 19.1 Å². The number of halogens is 1. The quantitative estimate of drug-likeness (QED) is 0.804. The van der Waals surface area contributed by atoms with Crippen molar-refractivity contribution < 1.29 is 4.42 Å². The van der Waals surface area contributed by atoms with Crippen LogP contribution in [0.2, 0.25) is 5.15 Å². The maximum atomic E-state index is 5.78. The summed E-state index contributed by atoms with van der Waals surface area (Å²) in [5.74, 6) is 1.30. The molecule has 0 radical (unpaired) electrons. The van der Waals surface area contributed by atoms with E-state index in [0.717, 1.165) is 5.76 Å². The molecule has 0 aliphatic rings. The SMILES string of the molecule is CC(Nc1ncnc(Cl)c1N)c1ccco1. The van der Waals surface area contributed by atoms with Gasteiger partial charge in [-0.15, -0.1) is 0 Å². The first-order valence-electron chi connectivity index (χ1n) is 4.74. The molecule has 84 valence electrons. The second-order valence-electron chi connectivity index (χ2n) is 3.31. The average molecular weight is 239 g/mol. The molecule has 5 nitrogen and oxygen atoms in total. The summed E-state index contributed by atoms with van der Waals surface area (Å²) in [6.07, 6.45) is 2.97. The molecule has 2 aromatic rings. The largest absolute Gasteiger partial charge is 0.467 e. The number of aromatic nitrogens is 2. The number of nitrogens with two attached hydrogens (primary N) is 1. The van der Waals surface area contributed by atoms with E-state index in [1.54, 1.807) is 6.26 Å². The molecule has 6 heteroatoms. The molecule has 1 atom stereocenters. The molecule has 16 heavy (non-hydrogen) atoms. The molecule has 0 spiro atoms. The van der Waals surface area contributed by atoms with Gasteiger partial charge in [0.05, 0.1) is 12.3 Å². The molecule has 0 saturated carbocycles. The van der Waals surface area contributed by atoms with E-state index in [2.05, 4.69) is 15.3 Å². The monoisotopic (exact) mass is 238 g/mol. The highest BCUT2D eigenvalue weighted by atomic mass is 35.5. The minimum atomic E-state index is -0.0386. The first kappa shape index (κ1) is 10.8. The van der Waals surface area contributed by atoms with Gasteiger partial charge in [0, 0.05) is 0 Å². The Bertz CT molecular complexity index is 472. The van der Waals surface area contributed by atoms with Gasteiger partial charge < -0.3 is 15.5 Å². The van der Waals surface area contributed by atoms with Gasteiger partial charge in [0.25, 0.3) is 0 Å². The van der Waals surface area contributed by atoms with E-state index in [9.17, 15) is 0 Å². The number of hydrogen-bond donors (Lipinski definition) is 2. The molecular formula is C10H11ClN4O. The topological polar surface area (TPSA) is 77.0 Å². The average Bonchev–Trinajstić information content (AvgIpc) is 2.78. The maximum Gasteiger partial charge on any atom is 0.157 e. The molecule has 0 bridgehead atoms. The van der Waals surface area contributed by atoms with Crippen molar-refractivity contribution in [3.63, 3.8) is 0 Å². The third kappa shape index (κ3) is 2.09. The number of nitrogen functional groups attached to an aromatic ring is 1. The molecule has 0 aliphatic heterocycles. The maximum absolute atomic E-state index is 5.78. The van der Waals surface area contributed by atoms with Gasteiger partial charge in [-0.25, -0.2) is 9.97 Å². The fourth-order valence-electron chi connectivity index (χ4n) is 1.30. The van der Waals surface area contributed by atoms with E-state index in [0.29, 0.717) is 11.5 Å². The molecule has 0 aromatic carbocycles. The van der Waals surface area contributed by atoms with Crippen LogP contribution in [0.4, 0.5) is 11.5 Å². The second-order valence-corrected chi connectivity index (χ2v) is 3.67. The summed E-state index contributed by atoms with van der Waals surface area (Å²) in [6, 6.07) is 3.66. The normalized spacial score (nSPS) is 12.4. The van der Waals surface area contributed by atoms with Gasteiger partial charge in [-0.3, -0.25) is 0 Å². The molecule has 3 N–H and O–H groups in total. The Morgan fingerprint density at radius 2 is 2.31 bits per heavy atom. The number of furan rings is 1. The Morgan fingerprint density at radius 3 is 3.00 bits per heavy atom. The van der Waals surface area contributed by atoms with Crippen LogP contribution in [0.3, 0.4) is 0 Å². The highest BCUT2D eigenvalue weighted by Gasteiger charge is 2.12. The summed E-state index contributed by atoms with van der Waals surface area (Å²) in [5.41, 5.74) is 6.07. The van der Waals surface area contributed by atoms with Gasteiger partial charge >= 0.3 is 0 Å². The Balaban J connectivity index is 2.18. The van der Waals surface area contributed by atoms with Crippen molar-refractivity contribution >= 4 is 23.1 Å². The number of hydrogen-bond acceptors (Lipinski definition) is 5. The molecule has 0 aliphatic carbocycles. The van der Waals surface area contributed by atoms with E-state index in [4.69, 9.17) is 21.8 Å². The highest BCUT2D eigenvalue weighted by Crippen LogP contribution is 2.26. The van der Waals surface area contributed by atoms with Gasteiger partial charge in [-0.05, 0) is 19.1 Å². The van der Waals surface area contributed by atoms with Crippen molar-refractivity contribution in [1.29, 1.82) is 0 Å². The first-order valence-corrected chi connectivity index (χ1v) is 5.12. The first-order chi connectivity index (χ1) is 7.68. The summed E-state index contributed by atoms with van der Waals surface area (Å²) < 4.78 is 5.26. The molecule has 2 rings (SSSR count). The standard InChI is InChI=1S/C10H11ClN4O/c1-6(7-3-2-4-16-7)15-10-8(12)9(11)13-5-14-10/h2-6H,12H2,1H3,(H,13,14,15). The van der Waals surface area contributed by atoms with Crippen molar-refractivity contribution in [2.45, 2.75) is 13.0 Å². The summed E-state index contributed by atoms with van der Waals surface area (Å²) in [7, 11) is 0. The van der Waals surface area contributed by atoms with Crippen molar-refractivity contribution in [3.8, 4) is 0 Å². The number of nitrogens with one attached hydrogen (secondary N) is 1. The fourth-order valence-corrected chi connectivity index (χ4v) is 1.44. The van der Waals surface area contributed by atoms with Gasteiger partial charge in [-0.2, -0.15) is 0 Å². The van der Waals surface area contributed by atoms with E-state index >= 15 is 0 Å². The Kier molecular flexibility index (Phi) is 2.96. The molecule has 1 unspecified atom stereocenters. The van der Waals surface area contributed by atoms with Crippen LogP contribution >= 0.6 is 11.6 Å². The third-order valence-electron chi connectivity index (χ3n) is 2.16. The van der Waals surface area contributed by atoms with Crippen molar-refractivity contribution in [2.75, 3.05) is 11.1 Å². The molecule has 0 saturated heterocycles. The third-order valence-corrected chi connectivity index (χ3v) is 2.46. The highest BCUT2D eigenvalue weighted by molar-refractivity contribution is 6.32. The zero-order chi connectivity index (χ0) is 11.5. The van der Waals surface area contributed by atoms with Crippen LogP contribution < -0.4 is 11.1 Å². The van der Waals surface area contributed by atoms with Crippen LogP contribution in [-0.2, 0) is 0 Å². The van der Waals surface area contributed by atoms with Crippen LogP contribution in [0.25, 0.3) is 0 Å². The fraction of sp³-hybridized carbons (Fsp3) is 0.200. The smallest absolute Gasteiger partial charge is 0.157 e. The Morgan fingerprint density at radius 1 is 1.50 bits per heavy atom. The van der Waals surface area contributed by atoms with Gasteiger partial charge in [0.1, 0.15) is 17.8 Å². The molecule has 0 amide bonds. The summed E-state index contributed by atoms with van der Waals surface area (Å²) in [5, 5.41) is 3.34. The lowest BCUT2D eigenvalue weighted by atomic mass is 10.2. The van der Waals surface area contributed by atoms with Crippen LogP contribution in [0.1, 0.15) is 18.7 Å². The zero-order valence-corrected chi connectivity index (χ0v) is 9.40. The summed E-state index contributed by atoms with van der Waals surface area (Å²) in [4.78, 5) is 7.79. The van der Waals surface area contributed by atoms with Crippen molar-refractivity contribution in [3.05, 3.63) is 35.6 Å². The lowest BCUT2D eigenvalue weighted by Crippen LogP contribution is -2.09. The van der Waals surface area contributed by atoms with Crippen LogP contribution in [0.15, 0.2) is 29.1 Å². The van der Waals surface area contributed by atoms with E-state index < -0.39 is 0 Å². The summed E-state index contributed by atoms with van der Waals surface area (Å²) in [6.45, 7) is 1.94. The lowest BCUT2D eigenvalue weighted by Gasteiger charge is -2.13.